The van der Waals surface area contributed by atoms with Gasteiger partial charge >= 0.3 is 0 Å². The first-order chi connectivity index (χ1) is 4.79. The fourth-order valence-electron chi connectivity index (χ4n) is 0.713. The van der Waals surface area contributed by atoms with Gasteiger partial charge in [0.05, 0.1) is 0 Å². The van der Waals surface area contributed by atoms with Crippen LogP contribution in [0.15, 0.2) is 47.7 Å². The minimum Gasteiger partial charge on any atom is -0.399 e. The van der Waals surface area contributed by atoms with E-state index in [0.717, 1.165) is 5.70 Å². The number of rotatable bonds is 0. The molecule has 0 spiro atoms. The molecule has 0 bridgehead atoms. The lowest BCUT2D eigenvalue weighted by Gasteiger charge is -1.93. The van der Waals surface area contributed by atoms with Crippen molar-refractivity contribution in [2.75, 3.05) is 0 Å². The van der Waals surface area contributed by atoms with Crippen LogP contribution in [-0.2, 0) is 0 Å². The van der Waals surface area contributed by atoms with E-state index in [9.17, 15) is 0 Å². The molecular formula is C9H11N. The molecule has 0 radical (unpaired) electrons. The molecule has 1 rings (SSSR count). The molecule has 52 valence electrons. The zero-order chi connectivity index (χ0) is 7.40. The lowest BCUT2D eigenvalue weighted by atomic mass is 10.2. The summed E-state index contributed by atoms with van der Waals surface area (Å²) in [6.45, 7) is 2.04. The summed E-state index contributed by atoms with van der Waals surface area (Å²) in [6.07, 6.45) is 11.7. The standard InChI is InChI=1S/C9H11N/c1-8-4-2-3-5-9(10)7-6-8/h2-7H,10H2,1H3/b3-2?,4-2-,5-3-,7-6?,8-4?,8-6-,9-5?,9-7+. The van der Waals surface area contributed by atoms with Gasteiger partial charge in [0.1, 0.15) is 0 Å². The second kappa shape index (κ2) is 3.06. The van der Waals surface area contributed by atoms with E-state index in [2.05, 4.69) is 0 Å². The summed E-state index contributed by atoms with van der Waals surface area (Å²) in [5, 5.41) is 0. The van der Waals surface area contributed by atoms with E-state index in [1.807, 2.05) is 43.4 Å². The second-order valence-corrected chi connectivity index (χ2v) is 2.30. The Balaban J connectivity index is 2.87. The molecule has 2 N–H and O–H groups in total. The molecule has 1 heteroatoms. The van der Waals surface area contributed by atoms with Crippen molar-refractivity contribution in [2.24, 2.45) is 5.73 Å². The van der Waals surface area contributed by atoms with Gasteiger partial charge in [0, 0.05) is 5.70 Å². The summed E-state index contributed by atoms with van der Waals surface area (Å²) >= 11 is 0. The summed E-state index contributed by atoms with van der Waals surface area (Å²) in [6, 6.07) is 0. The summed E-state index contributed by atoms with van der Waals surface area (Å²) in [7, 11) is 0. The fraction of sp³-hybridized carbons (Fsp3) is 0.111. The normalized spacial score (nSPS) is 34.1. The molecule has 0 heterocycles. The molecule has 0 aromatic rings. The van der Waals surface area contributed by atoms with Crippen molar-refractivity contribution < 1.29 is 0 Å². The first-order valence-electron chi connectivity index (χ1n) is 3.28. The highest BCUT2D eigenvalue weighted by Crippen LogP contribution is 2.01. The number of allylic oxidation sites excluding steroid dienone is 7. The Hall–Kier alpha value is -1.24. The zero-order valence-electron chi connectivity index (χ0n) is 6.04. The maximum absolute atomic E-state index is 5.56. The Morgan fingerprint density at radius 1 is 1.10 bits per heavy atom. The van der Waals surface area contributed by atoms with Crippen LogP contribution in [0.2, 0.25) is 0 Å². The molecule has 1 aliphatic rings. The van der Waals surface area contributed by atoms with Crippen LogP contribution < -0.4 is 5.73 Å². The van der Waals surface area contributed by atoms with Gasteiger partial charge in [0.2, 0.25) is 0 Å². The molecule has 0 amide bonds. The third-order valence-corrected chi connectivity index (χ3v) is 1.30. The quantitative estimate of drug-likeness (QED) is 0.536. The maximum atomic E-state index is 5.56. The van der Waals surface area contributed by atoms with Crippen molar-refractivity contribution in [1.29, 1.82) is 0 Å². The topological polar surface area (TPSA) is 26.0 Å². The SMILES string of the molecule is CC1=C/C=C(N)\C=C/C=C\1. The molecule has 0 aromatic heterocycles. The smallest absolute Gasteiger partial charge is 0.0314 e. The molecule has 0 saturated carbocycles. The van der Waals surface area contributed by atoms with Gasteiger partial charge in [0.15, 0.2) is 0 Å². The molecule has 0 aromatic carbocycles. The average molecular weight is 133 g/mol. The molecule has 10 heavy (non-hydrogen) atoms. The Kier molecular flexibility index (Phi) is 2.11. The number of nitrogens with two attached hydrogens (primary N) is 1. The molecule has 0 fully saturated rings. The van der Waals surface area contributed by atoms with Gasteiger partial charge < -0.3 is 5.73 Å². The zero-order valence-corrected chi connectivity index (χ0v) is 6.04. The Labute approximate surface area is 61.2 Å². The van der Waals surface area contributed by atoms with Crippen molar-refractivity contribution in [3.8, 4) is 0 Å². The largest absolute Gasteiger partial charge is 0.399 e. The fourth-order valence-corrected chi connectivity index (χ4v) is 0.713. The monoisotopic (exact) mass is 133 g/mol. The van der Waals surface area contributed by atoms with Crippen molar-refractivity contribution in [2.45, 2.75) is 6.92 Å². The van der Waals surface area contributed by atoms with Crippen LogP contribution in [0.5, 0.6) is 0 Å². The van der Waals surface area contributed by atoms with Crippen molar-refractivity contribution in [3.63, 3.8) is 0 Å². The molecule has 0 saturated heterocycles. The summed E-state index contributed by atoms with van der Waals surface area (Å²) in [5.41, 5.74) is 7.57. The summed E-state index contributed by atoms with van der Waals surface area (Å²) in [5.74, 6) is 0. The molecular weight excluding hydrogens is 122 g/mol. The van der Waals surface area contributed by atoms with E-state index >= 15 is 0 Å². The molecule has 0 aliphatic heterocycles. The van der Waals surface area contributed by atoms with Crippen LogP contribution in [0, 0.1) is 0 Å². The number of hydrogen-bond acceptors (Lipinski definition) is 1. The highest BCUT2D eigenvalue weighted by molar-refractivity contribution is 5.32. The van der Waals surface area contributed by atoms with Crippen LogP contribution in [0.4, 0.5) is 0 Å². The van der Waals surface area contributed by atoms with E-state index in [-0.39, 0.29) is 0 Å². The van der Waals surface area contributed by atoms with Crippen LogP contribution in [0.25, 0.3) is 0 Å². The lowest BCUT2D eigenvalue weighted by molar-refractivity contribution is 1.40. The van der Waals surface area contributed by atoms with Crippen LogP contribution >= 0.6 is 0 Å². The van der Waals surface area contributed by atoms with Crippen molar-refractivity contribution >= 4 is 0 Å². The highest BCUT2D eigenvalue weighted by atomic mass is 14.5. The van der Waals surface area contributed by atoms with Crippen LogP contribution in [-0.4, -0.2) is 0 Å². The van der Waals surface area contributed by atoms with E-state index in [4.69, 9.17) is 5.73 Å². The first-order valence-corrected chi connectivity index (χ1v) is 3.28. The third kappa shape index (κ3) is 1.94. The summed E-state index contributed by atoms with van der Waals surface area (Å²) < 4.78 is 0. The van der Waals surface area contributed by atoms with E-state index < -0.39 is 0 Å². The summed E-state index contributed by atoms with van der Waals surface area (Å²) in [4.78, 5) is 0. The molecule has 0 unspecified atom stereocenters. The maximum Gasteiger partial charge on any atom is 0.0314 e. The van der Waals surface area contributed by atoms with Gasteiger partial charge in [-0.25, -0.2) is 0 Å². The van der Waals surface area contributed by atoms with E-state index in [1.165, 1.54) is 5.57 Å². The minimum absolute atomic E-state index is 0.795. The Bertz CT molecular complexity index is 203. The Morgan fingerprint density at radius 2 is 1.80 bits per heavy atom. The van der Waals surface area contributed by atoms with Gasteiger partial charge in [-0.15, -0.1) is 0 Å². The second-order valence-electron chi connectivity index (χ2n) is 2.30. The van der Waals surface area contributed by atoms with Crippen LogP contribution in [0.1, 0.15) is 6.92 Å². The van der Waals surface area contributed by atoms with Gasteiger partial charge in [0.25, 0.3) is 0 Å². The third-order valence-electron chi connectivity index (χ3n) is 1.30. The Morgan fingerprint density at radius 3 is 2.60 bits per heavy atom. The van der Waals surface area contributed by atoms with Crippen LogP contribution in [0.3, 0.4) is 0 Å². The number of hydrogen-bond donors (Lipinski definition) is 1. The molecule has 1 nitrogen and oxygen atoms in total. The molecule has 0 atom stereocenters. The van der Waals surface area contributed by atoms with Gasteiger partial charge in [-0.3, -0.25) is 0 Å². The van der Waals surface area contributed by atoms with Crippen molar-refractivity contribution in [3.05, 3.63) is 47.7 Å². The van der Waals surface area contributed by atoms with Gasteiger partial charge in [-0.1, -0.05) is 29.9 Å². The van der Waals surface area contributed by atoms with Gasteiger partial charge in [-0.05, 0) is 19.1 Å². The predicted octanol–water partition coefficient (Wildman–Crippen LogP) is 1.90. The van der Waals surface area contributed by atoms with Crippen molar-refractivity contribution in [1.82, 2.24) is 0 Å². The highest BCUT2D eigenvalue weighted by Gasteiger charge is 1.83. The van der Waals surface area contributed by atoms with E-state index in [0.29, 0.717) is 0 Å². The van der Waals surface area contributed by atoms with E-state index in [1.54, 1.807) is 0 Å². The van der Waals surface area contributed by atoms with Gasteiger partial charge in [-0.2, -0.15) is 0 Å². The average Bonchev–Trinajstić information content (AvgIpc) is 1.90. The lowest BCUT2D eigenvalue weighted by Crippen LogP contribution is -1.91. The predicted molar refractivity (Wildman–Crippen MR) is 44.3 cm³/mol. The molecule has 1 aliphatic carbocycles. The minimum atomic E-state index is 0.795. The first kappa shape index (κ1) is 6.87.